The van der Waals surface area contributed by atoms with E-state index in [4.69, 9.17) is 4.74 Å². The summed E-state index contributed by atoms with van der Waals surface area (Å²) in [5.41, 5.74) is 2.41. The average molecular weight is 586 g/mol. The van der Waals surface area contributed by atoms with Crippen LogP contribution in [0.15, 0.2) is 60.7 Å². The molecule has 0 spiro atoms. The summed E-state index contributed by atoms with van der Waals surface area (Å²) >= 11 is 0.723. The van der Waals surface area contributed by atoms with Crippen LogP contribution in [0.5, 0.6) is 0 Å². The summed E-state index contributed by atoms with van der Waals surface area (Å²) in [6, 6.07) is 20.0. The van der Waals surface area contributed by atoms with Crippen LogP contribution in [-0.2, 0) is 20.7 Å². The fourth-order valence-corrected chi connectivity index (χ4v) is 5.49. The molecular formula is C24H28NO3Pb. The minimum atomic E-state index is -0.438. The molecule has 1 fully saturated rings. The normalized spacial score (nSPS) is 19.7. The van der Waals surface area contributed by atoms with Gasteiger partial charge in [0, 0.05) is 0 Å². The van der Waals surface area contributed by atoms with E-state index in [9.17, 15) is 9.59 Å². The molecule has 1 saturated heterocycles. The number of aryl methyl sites for hydroxylation is 1. The van der Waals surface area contributed by atoms with Gasteiger partial charge in [0.2, 0.25) is 0 Å². The molecule has 3 radical (unpaired) electrons. The zero-order chi connectivity index (χ0) is 20.6. The zero-order valence-corrected chi connectivity index (χ0v) is 20.8. The number of nitrogens with zero attached hydrogens (tertiary/aromatic N) is 1. The maximum atomic E-state index is 13.2. The van der Waals surface area contributed by atoms with Crippen LogP contribution in [0.25, 0.3) is 0 Å². The Morgan fingerprint density at radius 2 is 1.72 bits per heavy atom. The number of esters is 1. The fourth-order valence-electron chi connectivity index (χ4n) is 4.10. The van der Waals surface area contributed by atoms with Crippen LogP contribution in [0.4, 0.5) is 0 Å². The molecule has 4 nitrogen and oxygen atoms in total. The van der Waals surface area contributed by atoms with Crippen molar-refractivity contribution in [2.45, 2.75) is 41.6 Å². The third kappa shape index (κ3) is 5.90. The van der Waals surface area contributed by atoms with Crippen molar-refractivity contribution >= 4 is 37.6 Å². The molecule has 2 aromatic rings. The summed E-state index contributed by atoms with van der Waals surface area (Å²) in [5.74, 6) is 0.153. The predicted octanol–water partition coefficient (Wildman–Crippen LogP) is 3.70. The van der Waals surface area contributed by atoms with Crippen LogP contribution >= 0.6 is 0 Å². The van der Waals surface area contributed by atoms with Crippen LogP contribution in [0.3, 0.4) is 0 Å². The van der Waals surface area contributed by atoms with E-state index in [-0.39, 0.29) is 15.4 Å². The van der Waals surface area contributed by atoms with Crippen LogP contribution < -0.4 is 0 Å². The maximum absolute atomic E-state index is 13.2. The molecule has 0 aliphatic carbocycles. The first-order chi connectivity index (χ1) is 14.1. The van der Waals surface area contributed by atoms with Gasteiger partial charge in [-0.3, -0.25) is 0 Å². The van der Waals surface area contributed by atoms with E-state index < -0.39 is 6.04 Å². The van der Waals surface area contributed by atoms with Gasteiger partial charge in [0.1, 0.15) is 0 Å². The molecule has 1 heterocycles. The monoisotopic (exact) mass is 586 g/mol. The van der Waals surface area contributed by atoms with Gasteiger partial charge in [-0.2, -0.15) is 0 Å². The Hall–Kier alpha value is -1.70. The molecule has 0 N–H and O–H groups in total. The standard InChI is InChI=1S/C24H28NO3.Pb/c1-28-24(27)22-16-21(15-9-8-12-19-10-4-2-5-11-19)18-25(22)23(26)17-20-13-6-3-7-14-20;/h2-7,10-11,13-14,17,21-22H,8-9,12,15-16,18H2,1H3;. The molecule has 3 atom stereocenters. The number of benzene rings is 2. The SMILES string of the molecule is COC(=O)C1CC(CCCCc2ccccc2)CN1C(=O)[CH]([Pb])c1ccccc1. The van der Waals surface area contributed by atoms with Gasteiger partial charge in [0.05, 0.1) is 0 Å². The van der Waals surface area contributed by atoms with E-state index in [0.29, 0.717) is 18.9 Å². The molecule has 5 heteroatoms. The third-order valence-corrected chi connectivity index (χ3v) is 7.95. The molecule has 0 aromatic heterocycles. The summed E-state index contributed by atoms with van der Waals surface area (Å²) in [4.78, 5) is 27.3. The average Bonchev–Trinajstić information content (AvgIpc) is 3.20. The third-order valence-electron chi connectivity index (χ3n) is 5.69. The van der Waals surface area contributed by atoms with Crippen molar-refractivity contribution in [2.24, 2.45) is 5.92 Å². The second kappa shape index (κ2) is 10.9. The first-order valence-electron chi connectivity index (χ1n) is 10.3. The minimum absolute atomic E-state index is 0.0741. The molecule has 0 bridgehead atoms. The Kier molecular flexibility index (Phi) is 8.27. The quantitative estimate of drug-likeness (QED) is 0.270. The van der Waals surface area contributed by atoms with E-state index in [2.05, 4.69) is 24.3 Å². The Morgan fingerprint density at radius 3 is 2.38 bits per heavy atom. The number of rotatable bonds is 8. The number of unbranched alkanes of at least 4 members (excludes halogenated alkanes) is 1. The summed E-state index contributed by atoms with van der Waals surface area (Å²) in [6.45, 7) is 0.662. The summed E-state index contributed by atoms with van der Waals surface area (Å²) in [5, 5.41) is 0. The Balaban J connectivity index is 1.57. The molecule has 3 rings (SSSR count). The molecule has 2 aromatic carbocycles. The molecule has 151 valence electrons. The summed E-state index contributed by atoms with van der Waals surface area (Å²) < 4.78 is 4.89. The molecule has 1 aliphatic heterocycles. The molecule has 1 aliphatic rings. The number of hydrogen-bond donors (Lipinski definition) is 0. The van der Waals surface area contributed by atoms with Gasteiger partial charge in [-0.25, -0.2) is 0 Å². The number of hydrogen-bond acceptors (Lipinski definition) is 3. The van der Waals surface area contributed by atoms with Gasteiger partial charge in [-0.05, 0) is 0 Å². The van der Waals surface area contributed by atoms with Crippen LogP contribution in [0, 0.1) is 5.92 Å². The molecule has 29 heavy (non-hydrogen) atoms. The second-order valence-corrected chi connectivity index (χ2v) is 9.95. The Labute approximate surface area is 189 Å². The Morgan fingerprint density at radius 1 is 1.07 bits per heavy atom. The number of carbonyl (C=O) groups excluding carboxylic acids is 2. The van der Waals surface area contributed by atoms with Crippen molar-refractivity contribution in [2.75, 3.05) is 13.7 Å². The predicted molar refractivity (Wildman–Crippen MR) is 115 cm³/mol. The van der Waals surface area contributed by atoms with E-state index in [1.165, 1.54) is 12.7 Å². The van der Waals surface area contributed by atoms with E-state index in [1.807, 2.05) is 36.4 Å². The first kappa shape index (κ1) is 22.0. The van der Waals surface area contributed by atoms with Crippen LogP contribution in [0.1, 0.15) is 40.3 Å². The van der Waals surface area contributed by atoms with Crippen molar-refractivity contribution in [1.29, 1.82) is 0 Å². The van der Waals surface area contributed by atoms with Gasteiger partial charge in [-0.1, -0.05) is 6.07 Å². The topological polar surface area (TPSA) is 46.6 Å². The van der Waals surface area contributed by atoms with Gasteiger partial charge in [0.25, 0.3) is 0 Å². The number of methoxy groups -OCH3 is 1. The van der Waals surface area contributed by atoms with Crippen molar-refractivity contribution in [1.82, 2.24) is 4.90 Å². The number of likely N-dealkylation sites (tertiary alicyclic amines) is 1. The first-order valence-corrected chi connectivity index (χ1v) is 12.5. The van der Waals surface area contributed by atoms with Crippen molar-refractivity contribution in [3.05, 3.63) is 71.8 Å². The number of amides is 1. The van der Waals surface area contributed by atoms with Crippen molar-refractivity contribution < 1.29 is 14.3 Å². The summed E-state index contributed by atoms with van der Waals surface area (Å²) in [7, 11) is 1.41. The van der Waals surface area contributed by atoms with E-state index in [0.717, 1.165) is 57.0 Å². The Bertz CT molecular complexity index is 796. The molecule has 3 unspecified atom stereocenters. The van der Waals surface area contributed by atoms with Crippen LogP contribution in [0.2, 0.25) is 0 Å². The van der Waals surface area contributed by atoms with Gasteiger partial charge >= 0.3 is 184 Å². The van der Waals surface area contributed by atoms with Gasteiger partial charge in [-0.15, -0.1) is 0 Å². The summed E-state index contributed by atoms with van der Waals surface area (Å²) in [6.07, 6.45) is 5.07. The second-order valence-electron chi connectivity index (χ2n) is 7.71. The van der Waals surface area contributed by atoms with Crippen molar-refractivity contribution in [3.63, 3.8) is 0 Å². The van der Waals surface area contributed by atoms with E-state index in [1.54, 1.807) is 4.90 Å². The van der Waals surface area contributed by atoms with Crippen LogP contribution in [-0.4, -0.2) is 62.2 Å². The molecular weight excluding hydrogens is 557 g/mol. The fraction of sp³-hybridized carbons (Fsp3) is 0.417. The zero-order valence-electron chi connectivity index (χ0n) is 16.9. The van der Waals surface area contributed by atoms with E-state index >= 15 is 0 Å². The molecule has 0 saturated carbocycles. The van der Waals surface area contributed by atoms with Gasteiger partial charge in [0.15, 0.2) is 0 Å². The number of ether oxygens (including phenoxy) is 1. The van der Waals surface area contributed by atoms with Gasteiger partial charge < -0.3 is 0 Å². The van der Waals surface area contributed by atoms with Crippen molar-refractivity contribution in [3.8, 4) is 0 Å². The molecule has 1 amide bonds. The number of carbonyl (C=O) groups is 2.